The number of benzene rings is 1. The highest BCUT2D eigenvalue weighted by Crippen LogP contribution is 2.31. The van der Waals surface area contributed by atoms with Gasteiger partial charge in [-0.25, -0.2) is 4.79 Å². The second-order valence-corrected chi connectivity index (χ2v) is 7.66. The van der Waals surface area contributed by atoms with Crippen LogP contribution in [0, 0.1) is 5.92 Å². The number of carbonyl (C=O) groups excluding carboxylic acids is 2. The Labute approximate surface area is 162 Å². The van der Waals surface area contributed by atoms with E-state index >= 15 is 0 Å². The van der Waals surface area contributed by atoms with Crippen LogP contribution >= 0.6 is 0 Å². The van der Waals surface area contributed by atoms with Gasteiger partial charge in [0, 0.05) is 45.5 Å². The normalized spacial score (nSPS) is 19.7. The molecule has 1 aliphatic carbocycles. The van der Waals surface area contributed by atoms with Crippen molar-refractivity contribution in [2.24, 2.45) is 5.92 Å². The fourth-order valence-electron chi connectivity index (χ4n) is 4.24. The number of hydrogen-bond acceptors (Lipinski definition) is 3. The molecule has 148 valence electrons. The third kappa shape index (κ3) is 4.80. The molecule has 1 heterocycles. The molecule has 0 aromatic heterocycles. The monoisotopic (exact) mass is 372 g/mol. The van der Waals surface area contributed by atoms with E-state index in [1.54, 1.807) is 0 Å². The van der Waals surface area contributed by atoms with Gasteiger partial charge in [0.1, 0.15) is 0 Å². The number of likely N-dealkylation sites (N-methyl/N-ethyl adjacent to an activating group) is 1. The van der Waals surface area contributed by atoms with Gasteiger partial charge >= 0.3 is 6.03 Å². The summed E-state index contributed by atoms with van der Waals surface area (Å²) >= 11 is 0. The summed E-state index contributed by atoms with van der Waals surface area (Å²) in [6, 6.07) is 9.45. The summed E-state index contributed by atoms with van der Waals surface area (Å²) in [5, 5.41) is 2.95. The van der Waals surface area contributed by atoms with E-state index in [1.807, 2.05) is 54.1 Å². The van der Waals surface area contributed by atoms with Gasteiger partial charge in [0.2, 0.25) is 5.91 Å². The number of nitrogens with one attached hydrogen (secondary N) is 1. The number of piperazine rings is 1. The zero-order chi connectivity index (χ0) is 19.2. The summed E-state index contributed by atoms with van der Waals surface area (Å²) in [4.78, 5) is 31.5. The Morgan fingerprint density at radius 2 is 1.74 bits per heavy atom. The third-order valence-corrected chi connectivity index (χ3v) is 5.97. The first-order chi connectivity index (χ1) is 13.1. The standard InChI is InChI=1S/C21H32N4O2/c1-3-23(2)20(26)19(17-9-7-8-10-17)24-13-15-25(16-14-24)21(27)22-18-11-5-4-6-12-18/h4-6,11-12,17,19H,3,7-10,13-16H2,1-2H3,(H,22,27)/t19-/m0/s1. The Balaban J connectivity index is 1.59. The van der Waals surface area contributed by atoms with E-state index in [-0.39, 0.29) is 18.0 Å². The molecule has 1 aromatic rings. The zero-order valence-electron chi connectivity index (χ0n) is 16.6. The van der Waals surface area contributed by atoms with Crippen LogP contribution in [0.5, 0.6) is 0 Å². The smallest absolute Gasteiger partial charge is 0.321 e. The predicted molar refractivity (Wildman–Crippen MR) is 108 cm³/mol. The molecule has 6 nitrogen and oxygen atoms in total. The highest BCUT2D eigenvalue weighted by molar-refractivity contribution is 5.89. The molecule has 3 amide bonds. The van der Waals surface area contributed by atoms with Gasteiger partial charge in [0.05, 0.1) is 6.04 Å². The van der Waals surface area contributed by atoms with Gasteiger partial charge in [0.15, 0.2) is 0 Å². The van der Waals surface area contributed by atoms with Gasteiger partial charge in [-0.05, 0) is 37.8 Å². The maximum atomic E-state index is 13.0. The van der Waals surface area contributed by atoms with Crippen LogP contribution in [0.25, 0.3) is 0 Å². The lowest BCUT2D eigenvalue weighted by Gasteiger charge is -2.41. The minimum absolute atomic E-state index is 0.0308. The van der Waals surface area contributed by atoms with Crippen molar-refractivity contribution in [1.82, 2.24) is 14.7 Å². The lowest BCUT2D eigenvalue weighted by Crippen LogP contribution is -2.58. The second kappa shape index (κ2) is 9.22. The summed E-state index contributed by atoms with van der Waals surface area (Å²) in [5.74, 6) is 0.697. The van der Waals surface area contributed by atoms with Gasteiger partial charge in [-0.2, -0.15) is 0 Å². The molecular formula is C21H32N4O2. The molecule has 1 atom stereocenters. The molecule has 27 heavy (non-hydrogen) atoms. The molecular weight excluding hydrogens is 340 g/mol. The third-order valence-electron chi connectivity index (χ3n) is 5.97. The highest BCUT2D eigenvalue weighted by atomic mass is 16.2. The Bertz CT molecular complexity index is 622. The van der Waals surface area contributed by atoms with E-state index in [2.05, 4.69) is 10.2 Å². The number of rotatable bonds is 5. The number of para-hydroxylation sites is 1. The number of amides is 3. The van der Waals surface area contributed by atoms with Crippen molar-refractivity contribution in [3.05, 3.63) is 30.3 Å². The molecule has 6 heteroatoms. The first-order valence-corrected chi connectivity index (χ1v) is 10.2. The van der Waals surface area contributed by atoms with Gasteiger partial charge in [0.25, 0.3) is 0 Å². The minimum atomic E-state index is -0.0599. The van der Waals surface area contributed by atoms with Crippen molar-refractivity contribution in [2.45, 2.75) is 38.6 Å². The molecule has 0 spiro atoms. The summed E-state index contributed by atoms with van der Waals surface area (Å²) in [6.07, 6.45) is 4.73. The molecule has 1 N–H and O–H groups in total. The van der Waals surface area contributed by atoms with Crippen LogP contribution < -0.4 is 5.32 Å². The van der Waals surface area contributed by atoms with Crippen molar-refractivity contribution in [1.29, 1.82) is 0 Å². The lowest BCUT2D eigenvalue weighted by molar-refractivity contribution is -0.138. The number of hydrogen-bond donors (Lipinski definition) is 1. The number of anilines is 1. The Morgan fingerprint density at radius 1 is 1.11 bits per heavy atom. The quantitative estimate of drug-likeness (QED) is 0.865. The fraction of sp³-hybridized carbons (Fsp3) is 0.619. The van der Waals surface area contributed by atoms with E-state index in [9.17, 15) is 9.59 Å². The summed E-state index contributed by atoms with van der Waals surface area (Å²) in [7, 11) is 1.90. The predicted octanol–water partition coefficient (Wildman–Crippen LogP) is 2.87. The van der Waals surface area contributed by atoms with Crippen molar-refractivity contribution in [3.63, 3.8) is 0 Å². The van der Waals surface area contributed by atoms with E-state index in [0.717, 1.165) is 38.2 Å². The van der Waals surface area contributed by atoms with Gasteiger partial charge < -0.3 is 15.1 Å². The molecule has 0 radical (unpaired) electrons. The van der Waals surface area contributed by atoms with Crippen molar-refractivity contribution >= 4 is 17.6 Å². The molecule has 1 aliphatic heterocycles. The van der Waals surface area contributed by atoms with Gasteiger partial charge in [-0.15, -0.1) is 0 Å². The SMILES string of the molecule is CCN(C)C(=O)[C@H](C1CCCC1)N1CCN(C(=O)Nc2ccccc2)CC1. The van der Waals surface area contributed by atoms with Crippen LogP contribution in [-0.2, 0) is 4.79 Å². The molecule has 0 unspecified atom stereocenters. The van der Waals surface area contributed by atoms with Crippen LogP contribution in [-0.4, -0.2) is 72.5 Å². The largest absolute Gasteiger partial charge is 0.345 e. The Morgan fingerprint density at radius 3 is 2.33 bits per heavy atom. The molecule has 2 aliphatic rings. The van der Waals surface area contributed by atoms with Crippen LogP contribution in [0.3, 0.4) is 0 Å². The van der Waals surface area contributed by atoms with E-state index in [4.69, 9.17) is 0 Å². The summed E-state index contributed by atoms with van der Waals surface area (Å²) < 4.78 is 0. The van der Waals surface area contributed by atoms with E-state index in [1.165, 1.54) is 12.8 Å². The Hall–Kier alpha value is -2.08. The second-order valence-electron chi connectivity index (χ2n) is 7.66. The Kier molecular flexibility index (Phi) is 6.72. The maximum Gasteiger partial charge on any atom is 0.321 e. The fourth-order valence-corrected chi connectivity index (χ4v) is 4.24. The topological polar surface area (TPSA) is 55.9 Å². The summed E-state index contributed by atoms with van der Waals surface area (Å²) in [6.45, 7) is 5.59. The van der Waals surface area contributed by atoms with Crippen molar-refractivity contribution in [3.8, 4) is 0 Å². The maximum absolute atomic E-state index is 13.0. The number of urea groups is 1. The van der Waals surface area contributed by atoms with Crippen LogP contribution in [0.2, 0.25) is 0 Å². The first-order valence-electron chi connectivity index (χ1n) is 10.2. The number of nitrogens with zero attached hydrogens (tertiary/aromatic N) is 3. The van der Waals surface area contributed by atoms with Crippen LogP contribution in [0.15, 0.2) is 30.3 Å². The van der Waals surface area contributed by atoms with Crippen molar-refractivity contribution in [2.75, 3.05) is 45.1 Å². The zero-order valence-corrected chi connectivity index (χ0v) is 16.6. The average molecular weight is 373 g/mol. The van der Waals surface area contributed by atoms with E-state index < -0.39 is 0 Å². The van der Waals surface area contributed by atoms with Crippen LogP contribution in [0.1, 0.15) is 32.6 Å². The molecule has 1 saturated carbocycles. The minimum Gasteiger partial charge on any atom is -0.345 e. The number of carbonyl (C=O) groups is 2. The lowest BCUT2D eigenvalue weighted by atomic mass is 9.94. The van der Waals surface area contributed by atoms with Gasteiger partial charge in [-0.3, -0.25) is 9.69 Å². The van der Waals surface area contributed by atoms with Crippen LogP contribution in [0.4, 0.5) is 10.5 Å². The molecule has 0 bridgehead atoms. The molecule has 3 rings (SSSR count). The first kappa shape index (κ1) is 19.7. The average Bonchev–Trinajstić information content (AvgIpc) is 3.23. The van der Waals surface area contributed by atoms with Gasteiger partial charge in [-0.1, -0.05) is 31.0 Å². The summed E-state index contributed by atoms with van der Waals surface area (Å²) in [5.41, 5.74) is 0.813. The highest BCUT2D eigenvalue weighted by Gasteiger charge is 2.38. The van der Waals surface area contributed by atoms with Crippen molar-refractivity contribution < 1.29 is 9.59 Å². The molecule has 1 saturated heterocycles. The molecule has 1 aromatic carbocycles. The molecule has 2 fully saturated rings. The van der Waals surface area contributed by atoms with E-state index in [0.29, 0.717) is 19.0 Å².